The SMILES string of the molecule is C=C(C)CN(CC)C(=O)Nc1ccc(Cl)cc1Cl. The Morgan fingerprint density at radius 2 is 2.11 bits per heavy atom. The molecule has 0 fully saturated rings. The first-order valence-electron chi connectivity index (χ1n) is 5.59. The zero-order chi connectivity index (χ0) is 13.7. The van der Waals surface area contributed by atoms with Crippen LogP contribution in [0.2, 0.25) is 10.0 Å². The number of hydrogen-bond donors (Lipinski definition) is 1. The van der Waals surface area contributed by atoms with Crippen molar-refractivity contribution in [2.24, 2.45) is 0 Å². The number of likely N-dealkylation sites (N-methyl/N-ethyl adjacent to an activating group) is 1. The van der Waals surface area contributed by atoms with E-state index in [-0.39, 0.29) is 6.03 Å². The number of carbonyl (C=O) groups is 1. The minimum absolute atomic E-state index is 0.204. The number of rotatable bonds is 4. The summed E-state index contributed by atoms with van der Waals surface area (Å²) < 4.78 is 0. The normalized spacial score (nSPS) is 10.0. The van der Waals surface area contributed by atoms with Crippen LogP contribution in [-0.4, -0.2) is 24.0 Å². The van der Waals surface area contributed by atoms with Crippen molar-refractivity contribution >= 4 is 34.9 Å². The van der Waals surface area contributed by atoms with Gasteiger partial charge in [0.05, 0.1) is 10.7 Å². The molecule has 98 valence electrons. The van der Waals surface area contributed by atoms with Crippen LogP contribution < -0.4 is 5.32 Å². The van der Waals surface area contributed by atoms with Crippen LogP contribution in [-0.2, 0) is 0 Å². The fourth-order valence-corrected chi connectivity index (χ4v) is 1.89. The zero-order valence-electron chi connectivity index (χ0n) is 10.5. The third-order valence-electron chi connectivity index (χ3n) is 2.30. The van der Waals surface area contributed by atoms with Gasteiger partial charge in [0.25, 0.3) is 0 Å². The van der Waals surface area contributed by atoms with Crippen molar-refractivity contribution < 1.29 is 4.79 Å². The molecule has 1 aromatic carbocycles. The van der Waals surface area contributed by atoms with Gasteiger partial charge in [0, 0.05) is 18.1 Å². The molecular formula is C13H16Cl2N2O. The van der Waals surface area contributed by atoms with E-state index < -0.39 is 0 Å². The molecule has 18 heavy (non-hydrogen) atoms. The molecular weight excluding hydrogens is 271 g/mol. The molecule has 0 aliphatic heterocycles. The molecule has 1 N–H and O–H groups in total. The van der Waals surface area contributed by atoms with Gasteiger partial charge < -0.3 is 10.2 Å². The highest BCUT2D eigenvalue weighted by atomic mass is 35.5. The fraction of sp³-hybridized carbons (Fsp3) is 0.308. The first kappa shape index (κ1) is 14.9. The first-order valence-corrected chi connectivity index (χ1v) is 6.35. The summed E-state index contributed by atoms with van der Waals surface area (Å²) in [5.74, 6) is 0. The molecule has 5 heteroatoms. The lowest BCUT2D eigenvalue weighted by molar-refractivity contribution is 0.218. The van der Waals surface area contributed by atoms with Crippen molar-refractivity contribution in [1.29, 1.82) is 0 Å². The van der Waals surface area contributed by atoms with Gasteiger partial charge in [-0.05, 0) is 32.0 Å². The summed E-state index contributed by atoms with van der Waals surface area (Å²) in [4.78, 5) is 13.6. The summed E-state index contributed by atoms with van der Waals surface area (Å²) in [5.41, 5.74) is 1.47. The number of anilines is 1. The van der Waals surface area contributed by atoms with Crippen LogP contribution in [0.5, 0.6) is 0 Å². The number of benzene rings is 1. The summed E-state index contributed by atoms with van der Waals surface area (Å²) in [7, 11) is 0. The highest BCUT2D eigenvalue weighted by Crippen LogP contribution is 2.25. The number of hydrogen-bond acceptors (Lipinski definition) is 1. The number of nitrogens with zero attached hydrogens (tertiary/aromatic N) is 1. The Balaban J connectivity index is 2.76. The Kier molecular flexibility index (Phi) is 5.51. The van der Waals surface area contributed by atoms with E-state index in [9.17, 15) is 4.79 Å². The van der Waals surface area contributed by atoms with Crippen molar-refractivity contribution in [3.8, 4) is 0 Å². The molecule has 0 radical (unpaired) electrons. The standard InChI is InChI=1S/C13H16Cl2N2O/c1-4-17(8-9(2)3)13(18)16-12-6-5-10(14)7-11(12)15/h5-7H,2,4,8H2,1,3H3,(H,16,18). The number of amides is 2. The molecule has 0 bridgehead atoms. The summed E-state index contributed by atoms with van der Waals surface area (Å²) in [6.07, 6.45) is 0. The highest BCUT2D eigenvalue weighted by molar-refractivity contribution is 6.36. The molecule has 0 aromatic heterocycles. The maximum atomic E-state index is 12.0. The van der Waals surface area contributed by atoms with Crippen LogP contribution in [0.25, 0.3) is 0 Å². The van der Waals surface area contributed by atoms with E-state index >= 15 is 0 Å². The van der Waals surface area contributed by atoms with Gasteiger partial charge in [-0.1, -0.05) is 35.4 Å². The second kappa shape index (κ2) is 6.66. The van der Waals surface area contributed by atoms with E-state index in [1.165, 1.54) is 0 Å². The van der Waals surface area contributed by atoms with Crippen molar-refractivity contribution in [2.45, 2.75) is 13.8 Å². The van der Waals surface area contributed by atoms with Crippen molar-refractivity contribution in [3.05, 3.63) is 40.4 Å². The maximum absolute atomic E-state index is 12.0. The highest BCUT2D eigenvalue weighted by Gasteiger charge is 2.13. The third-order valence-corrected chi connectivity index (χ3v) is 2.85. The molecule has 1 rings (SSSR count). The number of nitrogens with one attached hydrogen (secondary N) is 1. The van der Waals surface area contributed by atoms with Gasteiger partial charge in [-0.2, -0.15) is 0 Å². The smallest absolute Gasteiger partial charge is 0.321 e. The van der Waals surface area contributed by atoms with Crippen molar-refractivity contribution in [3.63, 3.8) is 0 Å². The molecule has 0 spiro atoms. The lowest BCUT2D eigenvalue weighted by Crippen LogP contribution is -2.35. The van der Waals surface area contributed by atoms with Gasteiger partial charge in [0.15, 0.2) is 0 Å². The van der Waals surface area contributed by atoms with Gasteiger partial charge in [-0.3, -0.25) is 0 Å². The Hall–Kier alpha value is -1.19. The summed E-state index contributed by atoms with van der Waals surface area (Å²) in [6, 6.07) is 4.74. The summed E-state index contributed by atoms with van der Waals surface area (Å²) in [5, 5.41) is 3.70. The van der Waals surface area contributed by atoms with Crippen LogP contribution in [0.15, 0.2) is 30.4 Å². The van der Waals surface area contributed by atoms with E-state index in [1.807, 2.05) is 13.8 Å². The molecule has 0 aliphatic rings. The van der Waals surface area contributed by atoms with Crippen LogP contribution in [0, 0.1) is 0 Å². The van der Waals surface area contributed by atoms with Crippen molar-refractivity contribution in [1.82, 2.24) is 4.90 Å². The van der Waals surface area contributed by atoms with Gasteiger partial charge in [-0.25, -0.2) is 4.79 Å². The molecule has 2 amide bonds. The van der Waals surface area contributed by atoms with Crippen LogP contribution in [0.1, 0.15) is 13.8 Å². The van der Waals surface area contributed by atoms with E-state index in [0.717, 1.165) is 5.57 Å². The van der Waals surface area contributed by atoms with Gasteiger partial charge >= 0.3 is 6.03 Å². The van der Waals surface area contributed by atoms with E-state index in [4.69, 9.17) is 23.2 Å². The van der Waals surface area contributed by atoms with Crippen LogP contribution >= 0.6 is 23.2 Å². The number of urea groups is 1. The van der Waals surface area contributed by atoms with Gasteiger partial charge in [-0.15, -0.1) is 0 Å². The predicted molar refractivity (Wildman–Crippen MR) is 77.5 cm³/mol. The molecule has 3 nitrogen and oxygen atoms in total. The summed E-state index contributed by atoms with van der Waals surface area (Å²) >= 11 is 11.8. The minimum atomic E-state index is -0.204. The average Bonchev–Trinajstić information content (AvgIpc) is 2.29. The number of halogens is 2. The maximum Gasteiger partial charge on any atom is 0.322 e. The number of carbonyl (C=O) groups excluding carboxylic acids is 1. The Labute approximate surface area is 117 Å². The van der Waals surface area contributed by atoms with Crippen molar-refractivity contribution in [2.75, 3.05) is 18.4 Å². The first-order chi connectivity index (χ1) is 8.43. The second-order valence-electron chi connectivity index (χ2n) is 4.03. The predicted octanol–water partition coefficient (Wildman–Crippen LogP) is 4.42. The molecule has 0 unspecified atom stereocenters. The third kappa shape index (κ3) is 4.24. The Morgan fingerprint density at radius 1 is 1.44 bits per heavy atom. The lowest BCUT2D eigenvalue weighted by atomic mass is 10.3. The Morgan fingerprint density at radius 3 is 2.61 bits per heavy atom. The fourth-order valence-electron chi connectivity index (χ4n) is 1.44. The monoisotopic (exact) mass is 286 g/mol. The molecule has 0 aliphatic carbocycles. The second-order valence-corrected chi connectivity index (χ2v) is 4.87. The topological polar surface area (TPSA) is 32.3 Å². The van der Waals surface area contributed by atoms with Crippen LogP contribution in [0.3, 0.4) is 0 Å². The molecule has 0 saturated heterocycles. The quantitative estimate of drug-likeness (QED) is 0.817. The minimum Gasteiger partial charge on any atom is -0.321 e. The molecule has 0 saturated carbocycles. The van der Waals surface area contributed by atoms with Gasteiger partial charge in [0.1, 0.15) is 0 Å². The van der Waals surface area contributed by atoms with Crippen LogP contribution in [0.4, 0.5) is 10.5 Å². The Bertz CT molecular complexity index is 460. The summed E-state index contributed by atoms with van der Waals surface area (Å²) in [6.45, 7) is 8.71. The average molecular weight is 287 g/mol. The largest absolute Gasteiger partial charge is 0.322 e. The lowest BCUT2D eigenvalue weighted by Gasteiger charge is -2.21. The van der Waals surface area contributed by atoms with E-state index in [1.54, 1.807) is 23.1 Å². The van der Waals surface area contributed by atoms with Gasteiger partial charge in [0.2, 0.25) is 0 Å². The zero-order valence-corrected chi connectivity index (χ0v) is 12.0. The molecule has 0 atom stereocenters. The molecule has 1 aromatic rings. The van der Waals surface area contributed by atoms with E-state index in [2.05, 4.69) is 11.9 Å². The van der Waals surface area contributed by atoms with E-state index in [0.29, 0.717) is 28.8 Å². The molecule has 0 heterocycles.